The minimum Gasteiger partial charge on any atom is -0.850 e. The molecule has 1 N–H and O–H groups in total. The number of halogens is 1. The Labute approximate surface area is 182 Å². The average Bonchev–Trinajstić information content (AvgIpc) is 3.07. The molecule has 2 aromatic carbocycles. The highest BCUT2D eigenvalue weighted by atomic mass is 79.9. The lowest BCUT2D eigenvalue weighted by Gasteiger charge is -2.26. The fourth-order valence-corrected chi connectivity index (χ4v) is 4.94. The van der Waals surface area contributed by atoms with E-state index in [0.29, 0.717) is 13.1 Å². The van der Waals surface area contributed by atoms with E-state index in [1.807, 2.05) is 30.5 Å². The number of hydrogen-bond acceptors (Lipinski definition) is 4. The number of fused-ring (bicyclic) bond motifs is 2. The van der Waals surface area contributed by atoms with Crippen LogP contribution in [-0.4, -0.2) is 24.9 Å². The lowest BCUT2D eigenvalue weighted by molar-refractivity contribution is -0.685. The highest BCUT2D eigenvalue weighted by molar-refractivity contribution is 9.10. The van der Waals surface area contributed by atoms with Gasteiger partial charge in [0.2, 0.25) is 5.52 Å². The zero-order chi connectivity index (χ0) is 20.2. The minimum absolute atomic E-state index is 0.111. The maximum absolute atomic E-state index is 11.3. The molecular formula is C23H21BrN2O2S. The quantitative estimate of drug-likeness (QED) is 0.560. The lowest BCUT2D eigenvalue weighted by atomic mass is 9.99. The van der Waals surface area contributed by atoms with Crippen molar-refractivity contribution < 1.29 is 14.8 Å². The third-order valence-electron chi connectivity index (χ3n) is 4.82. The fourth-order valence-electron chi connectivity index (χ4n) is 3.51. The average molecular weight is 469 g/mol. The molecule has 0 unspecified atom stereocenters. The molecule has 0 aliphatic carbocycles. The van der Waals surface area contributed by atoms with E-state index in [2.05, 4.69) is 67.9 Å². The molecule has 4 nitrogen and oxygen atoms in total. The summed E-state index contributed by atoms with van der Waals surface area (Å²) in [6, 6.07) is 14.4. The van der Waals surface area contributed by atoms with E-state index in [1.54, 1.807) is 11.3 Å². The number of aliphatic hydroxyl groups is 1. The summed E-state index contributed by atoms with van der Waals surface area (Å²) in [6.45, 7) is 0.982. The van der Waals surface area contributed by atoms with Gasteiger partial charge >= 0.3 is 0 Å². The monoisotopic (exact) mass is 468 g/mol. The molecule has 0 amide bonds. The predicted molar refractivity (Wildman–Crippen MR) is 122 cm³/mol. The van der Waals surface area contributed by atoms with Gasteiger partial charge in [0, 0.05) is 40.6 Å². The standard InChI is InChI=1S/C23H21BrN2O2S/c24-18-8-9-22-21(16-18)26(13-15-28)23(29-22)7-3-4-17-10-11-25(12-14-27)20-6-2-1-5-19(17)20/h1-11,16,27H,12-15H2. The molecule has 0 fully saturated rings. The maximum Gasteiger partial charge on any atom is 0.262 e. The van der Waals surface area contributed by atoms with Gasteiger partial charge in [-0.3, -0.25) is 0 Å². The summed E-state index contributed by atoms with van der Waals surface area (Å²) in [5.74, 6) is 0. The van der Waals surface area contributed by atoms with Gasteiger partial charge in [-0.25, -0.2) is 0 Å². The van der Waals surface area contributed by atoms with Crippen LogP contribution in [-0.2, 0) is 6.54 Å². The number of benzene rings is 2. The second kappa shape index (κ2) is 9.05. The summed E-state index contributed by atoms with van der Waals surface area (Å²) in [5, 5.41) is 21.7. The second-order valence-corrected chi connectivity index (χ2v) is 8.62. The summed E-state index contributed by atoms with van der Waals surface area (Å²) in [4.78, 5) is 2.06. The molecule has 0 radical (unpaired) electrons. The van der Waals surface area contributed by atoms with Gasteiger partial charge in [-0.2, -0.15) is 4.57 Å². The third-order valence-corrected chi connectivity index (χ3v) is 6.45. The molecule has 1 aromatic heterocycles. The summed E-state index contributed by atoms with van der Waals surface area (Å²) < 4.78 is 4.26. The van der Waals surface area contributed by atoms with Gasteiger partial charge in [-0.1, -0.05) is 64.2 Å². The molecule has 148 valence electrons. The number of anilines is 1. The Balaban J connectivity index is 1.67. The molecule has 0 atom stereocenters. The van der Waals surface area contributed by atoms with Crippen LogP contribution < -0.4 is 14.6 Å². The van der Waals surface area contributed by atoms with Crippen LogP contribution in [0.2, 0.25) is 0 Å². The first-order valence-electron chi connectivity index (χ1n) is 9.45. The van der Waals surface area contributed by atoms with E-state index >= 15 is 0 Å². The van der Waals surface area contributed by atoms with E-state index in [1.165, 1.54) is 0 Å². The number of nitrogens with zero attached hydrogens (tertiary/aromatic N) is 2. The Kier molecular flexibility index (Phi) is 6.25. The summed E-state index contributed by atoms with van der Waals surface area (Å²) in [7, 11) is 0. The maximum atomic E-state index is 11.3. The van der Waals surface area contributed by atoms with Gasteiger partial charge in [0.05, 0.1) is 6.61 Å². The number of thiazole rings is 1. The number of rotatable bonds is 6. The largest absolute Gasteiger partial charge is 0.850 e. The number of allylic oxidation sites excluding steroid dienone is 4. The van der Waals surface area contributed by atoms with Crippen LogP contribution in [0.3, 0.4) is 0 Å². The van der Waals surface area contributed by atoms with Crippen LogP contribution in [0, 0.1) is 0 Å². The van der Waals surface area contributed by atoms with Crippen molar-refractivity contribution >= 4 is 54.8 Å². The summed E-state index contributed by atoms with van der Waals surface area (Å²) >= 11 is 5.21. The molecule has 0 bridgehead atoms. The Hall–Kier alpha value is -2.25. The van der Waals surface area contributed by atoms with Crippen molar-refractivity contribution in [1.29, 1.82) is 0 Å². The minimum atomic E-state index is -0.151. The van der Waals surface area contributed by atoms with Crippen molar-refractivity contribution in [2.75, 3.05) is 24.7 Å². The first-order chi connectivity index (χ1) is 14.2. The SMILES string of the molecule is [O-]CC[n+]1c(/C=C/C=C2\C=CN(CCO)c3ccccc32)sc2ccc(Br)cc21. The number of aliphatic hydroxyl groups excluding tert-OH is 1. The molecule has 29 heavy (non-hydrogen) atoms. The van der Waals surface area contributed by atoms with E-state index in [-0.39, 0.29) is 13.2 Å². The highest BCUT2D eigenvalue weighted by Gasteiger charge is 2.18. The molecule has 0 saturated carbocycles. The third kappa shape index (κ3) is 4.21. The molecule has 2 heterocycles. The van der Waals surface area contributed by atoms with Crippen LogP contribution in [0.4, 0.5) is 5.69 Å². The van der Waals surface area contributed by atoms with Crippen LogP contribution in [0.1, 0.15) is 10.6 Å². The lowest BCUT2D eigenvalue weighted by Crippen LogP contribution is -2.39. The first-order valence-corrected chi connectivity index (χ1v) is 11.1. The molecule has 3 aromatic rings. The normalized spacial score (nSPS) is 15.0. The molecular weight excluding hydrogens is 448 g/mol. The Morgan fingerprint density at radius 3 is 2.90 bits per heavy atom. The van der Waals surface area contributed by atoms with Crippen LogP contribution in [0.25, 0.3) is 21.9 Å². The van der Waals surface area contributed by atoms with Gasteiger partial charge in [0.25, 0.3) is 5.01 Å². The zero-order valence-electron chi connectivity index (χ0n) is 15.8. The van der Waals surface area contributed by atoms with Gasteiger partial charge in [-0.15, -0.1) is 0 Å². The van der Waals surface area contributed by atoms with E-state index in [4.69, 9.17) is 0 Å². The van der Waals surface area contributed by atoms with Crippen molar-refractivity contribution in [1.82, 2.24) is 0 Å². The summed E-state index contributed by atoms with van der Waals surface area (Å²) in [5.41, 5.74) is 4.43. The number of aromatic nitrogens is 1. The summed E-state index contributed by atoms with van der Waals surface area (Å²) in [6.07, 6.45) is 10.3. The van der Waals surface area contributed by atoms with Crippen molar-refractivity contribution in [2.45, 2.75) is 6.54 Å². The van der Waals surface area contributed by atoms with Crippen LogP contribution in [0.15, 0.2) is 71.4 Å². The predicted octanol–water partition coefficient (Wildman–Crippen LogP) is 3.73. The van der Waals surface area contributed by atoms with E-state index in [0.717, 1.165) is 36.5 Å². The van der Waals surface area contributed by atoms with Crippen molar-refractivity contribution in [2.24, 2.45) is 0 Å². The molecule has 6 heteroatoms. The molecule has 1 aliphatic rings. The van der Waals surface area contributed by atoms with Gasteiger partial charge < -0.3 is 15.1 Å². The first kappa shape index (κ1) is 20.0. The van der Waals surface area contributed by atoms with Crippen molar-refractivity contribution in [3.8, 4) is 0 Å². The van der Waals surface area contributed by atoms with Crippen molar-refractivity contribution in [3.05, 3.63) is 81.9 Å². The number of hydrogen-bond donors (Lipinski definition) is 1. The number of β-amino-alcohol motifs (C(OH)–C–C–N with tert-alkyl or cyclic N) is 1. The second-order valence-electron chi connectivity index (χ2n) is 6.64. The molecule has 0 spiro atoms. The topological polar surface area (TPSA) is 50.4 Å². The van der Waals surface area contributed by atoms with Gasteiger partial charge in [0.15, 0.2) is 0 Å². The van der Waals surface area contributed by atoms with Gasteiger partial charge in [0.1, 0.15) is 11.2 Å². The molecule has 1 aliphatic heterocycles. The van der Waals surface area contributed by atoms with Crippen molar-refractivity contribution in [3.63, 3.8) is 0 Å². The van der Waals surface area contributed by atoms with E-state index in [9.17, 15) is 10.2 Å². The number of para-hydroxylation sites is 1. The van der Waals surface area contributed by atoms with Crippen LogP contribution in [0.5, 0.6) is 0 Å². The highest BCUT2D eigenvalue weighted by Crippen LogP contribution is 2.32. The Morgan fingerprint density at radius 2 is 2.07 bits per heavy atom. The fraction of sp³-hybridized carbons (Fsp3) is 0.174. The zero-order valence-corrected chi connectivity index (χ0v) is 18.2. The molecule has 4 rings (SSSR count). The van der Waals surface area contributed by atoms with Gasteiger partial charge in [-0.05, 0) is 29.8 Å². The molecule has 0 saturated heterocycles. The Bertz CT molecular complexity index is 1120. The Morgan fingerprint density at radius 1 is 1.21 bits per heavy atom. The van der Waals surface area contributed by atoms with Crippen LogP contribution >= 0.6 is 27.3 Å². The smallest absolute Gasteiger partial charge is 0.262 e. The van der Waals surface area contributed by atoms with E-state index < -0.39 is 0 Å².